The lowest BCUT2D eigenvalue weighted by Gasteiger charge is -2.07. The zero-order valence-electron chi connectivity index (χ0n) is 8.42. The molecular weight excluding hydrogens is 206 g/mol. The molecule has 2 aromatic carbocycles. The highest BCUT2D eigenvalue weighted by molar-refractivity contribution is 5.48. The van der Waals surface area contributed by atoms with Gasteiger partial charge in [-0.15, -0.1) is 0 Å². The molecule has 4 N–H and O–H groups in total. The summed E-state index contributed by atoms with van der Waals surface area (Å²) < 4.78 is 5.40. The molecule has 0 aliphatic rings. The number of aromatic hydroxyl groups is 2. The second-order valence-electron chi connectivity index (χ2n) is 3.32. The van der Waals surface area contributed by atoms with Gasteiger partial charge in [0.05, 0.1) is 0 Å². The molecule has 0 fully saturated rings. The van der Waals surface area contributed by atoms with Crippen molar-refractivity contribution in [1.29, 1.82) is 0 Å². The van der Waals surface area contributed by atoms with E-state index in [-0.39, 0.29) is 17.2 Å². The maximum absolute atomic E-state index is 9.50. The number of rotatable bonds is 2. The van der Waals surface area contributed by atoms with Crippen LogP contribution in [0.1, 0.15) is 0 Å². The Morgan fingerprint density at radius 1 is 0.938 bits per heavy atom. The minimum Gasteiger partial charge on any atom is -0.508 e. The summed E-state index contributed by atoms with van der Waals surface area (Å²) in [6.07, 6.45) is 0. The molecule has 82 valence electrons. The van der Waals surface area contributed by atoms with E-state index in [2.05, 4.69) is 0 Å². The molecule has 0 saturated heterocycles. The number of ether oxygens (including phenoxy) is 1. The van der Waals surface area contributed by atoms with E-state index in [1.807, 2.05) is 0 Å². The highest BCUT2D eigenvalue weighted by atomic mass is 16.5. The van der Waals surface area contributed by atoms with Gasteiger partial charge >= 0.3 is 0 Å². The molecule has 4 heteroatoms. The Labute approximate surface area is 92.5 Å². The van der Waals surface area contributed by atoms with Crippen LogP contribution in [0.5, 0.6) is 23.0 Å². The van der Waals surface area contributed by atoms with Crippen LogP contribution in [0.2, 0.25) is 0 Å². The SMILES string of the molecule is Nc1ccc(Oc2ccc(O)cc2O)cc1. The van der Waals surface area contributed by atoms with Crippen molar-refractivity contribution in [2.45, 2.75) is 0 Å². The standard InChI is InChI=1S/C12H11NO3/c13-8-1-4-10(5-2-8)16-12-6-3-9(14)7-11(12)15/h1-7,14-15H,13H2. The van der Waals surface area contributed by atoms with Crippen LogP contribution in [0, 0.1) is 0 Å². The predicted molar refractivity (Wildman–Crippen MR) is 60.7 cm³/mol. The van der Waals surface area contributed by atoms with E-state index in [4.69, 9.17) is 15.6 Å². The Kier molecular flexibility index (Phi) is 2.55. The van der Waals surface area contributed by atoms with Crippen LogP contribution < -0.4 is 10.5 Å². The quantitative estimate of drug-likeness (QED) is 0.675. The molecule has 0 bridgehead atoms. The fourth-order valence-electron chi connectivity index (χ4n) is 1.25. The molecule has 2 rings (SSSR count). The van der Waals surface area contributed by atoms with Crippen molar-refractivity contribution in [2.75, 3.05) is 5.73 Å². The zero-order chi connectivity index (χ0) is 11.5. The van der Waals surface area contributed by atoms with Crippen molar-refractivity contribution >= 4 is 5.69 Å². The van der Waals surface area contributed by atoms with Crippen molar-refractivity contribution in [1.82, 2.24) is 0 Å². The van der Waals surface area contributed by atoms with E-state index >= 15 is 0 Å². The van der Waals surface area contributed by atoms with Crippen LogP contribution >= 0.6 is 0 Å². The van der Waals surface area contributed by atoms with E-state index in [1.165, 1.54) is 18.2 Å². The molecule has 0 saturated carbocycles. The smallest absolute Gasteiger partial charge is 0.169 e. The van der Waals surface area contributed by atoms with Gasteiger partial charge in [-0.1, -0.05) is 0 Å². The van der Waals surface area contributed by atoms with Gasteiger partial charge in [0, 0.05) is 11.8 Å². The summed E-state index contributed by atoms with van der Waals surface area (Å²) in [5.74, 6) is 0.719. The van der Waals surface area contributed by atoms with Gasteiger partial charge in [-0.25, -0.2) is 0 Å². The predicted octanol–water partition coefficient (Wildman–Crippen LogP) is 2.47. The number of anilines is 1. The summed E-state index contributed by atoms with van der Waals surface area (Å²) >= 11 is 0. The molecule has 0 aromatic heterocycles. The summed E-state index contributed by atoms with van der Waals surface area (Å²) in [5, 5.41) is 18.6. The first-order valence-corrected chi connectivity index (χ1v) is 4.70. The Morgan fingerprint density at radius 3 is 2.25 bits per heavy atom. The fraction of sp³-hybridized carbons (Fsp3) is 0. The van der Waals surface area contributed by atoms with Gasteiger partial charge in [-0.2, -0.15) is 0 Å². The third-order valence-electron chi connectivity index (χ3n) is 2.05. The molecule has 0 amide bonds. The van der Waals surface area contributed by atoms with Gasteiger partial charge < -0.3 is 20.7 Å². The van der Waals surface area contributed by atoms with Crippen molar-refractivity contribution < 1.29 is 14.9 Å². The maximum Gasteiger partial charge on any atom is 0.169 e. The van der Waals surface area contributed by atoms with Gasteiger partial charge in [-0.3, -0.25) is 0 Å². The minimum atomic E-state index is -0.114. The molecular formula is C12H11NO3. The number of phenols is 2. The van der Waals surface area contributed by atoms with Crippen molar-refractivity contribution in [3.05, 3.63) is 42.5 Å². The largest absolute Gasteiger partial charge is 0.508 e. The van der Waals surface area contributed by atoms with Gasteiger partial charge in [0.2, 0.25) is 0 Å². The summed E-state index contributed by atoms with van der Waals surface area (Å²) in [4.78, 5) is 0. The number of phenolic OH excluding ortho intramolecular Hbond substituents is 2. The van der Waals surface area contributed by atoms with Gasteiger partial charge in [0.25, 0.3) is 0 Å². The number of nitrogens with two attached hydrogens (primary N) is 1. The highest BCUT2D eigenvalue weighted by Gasteiger charge is 2.04. The number of nitrogen functional groups attached to an aromatic ring is 1. The molecule has 0 aliphatic heterocycles. The molecule has 0 spiro atoms. The Bertz CT molecular complexity index is 494. The average molecular weight is 217 g/mol. The first-order chi connectivity index (χ1) is 7.65. The highest BCUT2D eigenvalue weighted by Crippen LogP contribution is 2.33. The molecule has 0 heterocycles. The third-order valence-corrected chi connectivity index (χ3v) is 2.05. The van der Waals surface area contributed by atoms with Crippen LogP contribution in [0.15, 0.2) is 42.5 Å². The molecule has 0 atom stereocenters. The lowest BCUT2D eigenvalue weighted by Crippen LogP contribution is -1.86. The van der Waals surface area contributed by atoms with Crippen LogP contribution in [0.25, 0.3) is 0 Å². The monoisotopic (exact) mass is 217 g/mol. The molecule has 4 nitrogen and oxygen atoms in total. The lowest BCUT2D eigenvalue weighted by molar-refractivity contribution is 0.403. The molecule has 0 unspecified atom stereocenters. The summed E-state index contributed by atoms with van der Waals surface area (Å²) in [5.41, 5.74) is 6.17. The fourth-order valence-corrected chi connectivity index (χ4v) is 1.25. The van der Waals surface area contributed by atoms with E-state index in [0.29, 0.717) is 11.4 Å². The second kappa shape index (κ2) is 4.02. The van der Waals surface area contributed by atoms with E-state index in [1.54, 1.807) is 24.3 Å². The van der Waals surface area contributed by atoms with Crippen molar-refractivity contribution in [2.24, 2.45) is 0 Å². The van der Waals surface area contributed by atoms with E-state index in [9.17, 15) is 5.11 Å². The van der Waals surface area contributed by atoms with Gasteiger partial charge in [0.1, 0.15) is 11.5 Å². The van der Waals surface area contributed by atoms with E-state index in [0.717, 1.165) is 0 Å². The Hall–Kier alpha value is -2.36. The zero-order valence-corrected chi connectivity index (χ0v) is 8.42. The first kappa shape index (κ1) is 10.2. The normalized spacial score (nSPS) is 10.0. The molecule has 0 radical (unpaired) electrons. The lowest BCUT2D eigenvalue weighted by atomic mass is 10.3. The minimum absolute atomic E-state index is 0.0119. The van der Waals surface area contributed by atoms with Gasteiger partial charge in [-0.05, 0) is 36.4 Å². The first-order valence-electron chi connectivity index (χ1n) is 4.70. The molecule has 0 aliphatic carbocycles. The summed E-state index contributed by atoms with van der Waals surface area (Å²) in [7, 11) is 0. The average Bonchev–Trinajstić information content (AvgIpc) is 2.25. The van der Waals surface area contributed by atoms with E-state index < -0.39 is 0 Å². The molecule has 16 heavy (non-hydrogen) atoms. The van der Waals surface area contributed by atoms with Crippen molar-refractivity contribution in [3.8, 4) is 23.0 Å². The number of hydrogen-bond acceptors (Lipinski definition) is 4. The van der Waals surface area contributed by atoms with Crippen LogP contribution in [0.3, 0.4) is 0 Å². The summed E-state index contributed by atoms with van der Waals surface area (Å²) in [6.45, 7) is 0. The topological polar surface area (TPSA) is 75.7 Å². The van der Waals surface area contributed by atoms with Crippen molar-refractivity contribution in [3.63, 3.8) is 0 Å². The maximum atomic E-state index is 9.50. The van der Waals surface area contributed by atoms with Crippen LogP contribution in [-0.4, -0.2) is 10.2 Å². The summed E-state index contributed by atoms with van der Waals surface area (Å²) in [6, 6.07) is 10.9. The van der Waals surface area contributed by atoms with Crippen LogP contribution in [0.4, 0.5) is 5.69 Å². The number of benzene rings is 2. The Balaban J connectivity index is 2.23. The number of hydrogen-bond donors (Lipinski definition) is 3. The third kappa shape index (κ3) is 2.17. The van der Waals surface area contributed by atoms with Gasteiger partial charge in [0.15, 0.2) is 11.5 Å². The second-order valence-corrected chi connectivity index (χ2v) is 3.32. The molecule has 2 aromatic rings. The Morgan fingerprint density at radius 2 is 1.62 bits per heavy atom. The van der Waals surface area contributed by atoms with Crippen LogP contribution in [-0.2, 0) is 0 Å².